The van der Waals surface area contributed by atoms with E-state index in [4.69, 9.17) is 5.11 Å². The van der Waals surface area contributed by atoms with Crippen molar-refractivity contribution in [2.75, 3.05) is 5.32 Å². The Balaban J connectivity index is 2.13. The fraction of sp³-hybridized carbons (Fsp3) is 0.417. The van der Waals surface area contributed by atoms with E-state index in [1.807, 2.05) is 0 Å². The summed E-state index contributed by atoms with van der Waals surface area (Å²) < 4.78 is 0.744. The molecule has 0 aliphatic heterocycles. The molecule has 1 saturated carbocycles. The lowest BCUT2D eigenvalue weighted by Gasteiger charge is -2.14. The zero-order chi connectivity index (χ0) is 14.0. The topological polar surface area (TPSA) is 92.5 Å². The summed E-state index contributed by atoms with van der Waals surface area (Å²) in [7, 11) is 0. The van der Waals surface area contributed by atoms with Gasteiger partial charge in [-0.15, -0.1) is 0 Å². The molecule has 1 aliphatic rings. The smallest absolute Gasteiger partial charge is 0.306 e. The van der Waals surface area contributed by atoms with Crippen LogP contribution in [0.4, 0.5) is 11.4 Å². The molecule has 0 heterocycles. The number of halogens is 1. The van der Waals surface area contributed by atoms with Crippen LogP contribution in [0.3, 0.4) is 0 Å². The van der Waals surface area contributed by atoms with E-state index < -0.39 is 10.9 Å². The third-order valence-electron chi connectivity index (χ3n) is 3.30. The minimum absolute atomic E-state index is 0.00183. The number of aliphatic carboxylic acids is 1. The summed E-state index contributed by atoms with van der Waals surface area (Å²) in [6.45, 7) is 0. The summed E-state index contributed by atoms with van der Waals surface area (Å²) in [5.41, 5.74) is 0.428. The summed E-state index contributed by atoms with van der Waals surface area (Å²) in [4.78, 5) is 21.4. The van der Waals surface area contributed by atoms with Gasteiger partial charge in [0.1, 0.15) is 5.69 Å². The van der Waals surface area contributed by atoms with Gasteiger partial charge in [0.15, 0.2) is 0 Å². The van der Waals surface area contributed by atoms with Crippen LogP contribution in [-0.2, 0) is 4.79 Å². The highest BCUT2D eigenvalue weighted by atomic mass is 79.9. The average molecular weight is 329 g/mol. The number of nitro benzene ring substituents is 1. The highest BCUT2D eigenvalue weighted by Crippen LogP contribution is 2.33. The molecule has 1 fully saturated rings. The number of nitrogens with zero attached hydrogens (tertiary/aromatic N) is 1. The van der Waals surface area contributed by atoms with Crippen LogP contribution in [0, 0.1) is 16.0 Å². The second-order valence-corrected chi connectivity index (χ2v) is 5.52. The second kappa shape index (κ2) is 5.56. The van der Waals surface area contributed by atoms with Crippen LogP contribution in [0.2, 0.25) is 0 Å². The molecule has 0 aromatic heterocycles. The lowest BCUT2D eigenvalue weighted by molar-refractivity contribution is -0.384. The normalized spacial score (nSPS) is 22.2. The van der Waals surface area contributed by atoms with E-state index in [0.717, 1.165) is 4.47 Å². The van der Waals surface area contributed by atoms with Gasteiger partial charge < -0.3 is 10.4 Å². The molecule has 2 N–H and O–H groups in total. The number of carbonyl (C=O) groups is 1. The minimum Gasteiger partial charge on any atom is -0.481 e. The van der Waals surface area contributed by atoms with Crippen LogP contribution < -0.4 is 5.32 Å². The first-order valence-corrected chi connectivity index (χ1v) is 6.70. The molecule has 0 amide bonds. The van der Waals surface area contributed by atoms with Crippen molar-refractivity contribution in [1.82, 2.24) is 0 Å². The van der Waals surface area contributed by atoms with Crippen LogP contribution in [0.25, 0.3) is 0 Å². The third kappa shape index (κ3) is 3.23. The van der Waals surface area contributed by atoms with Crippen LogP contribution in [0.15, 0.2) is 22.7 Å². The first kappa shape index (κ1) is 13.8. The first-order chi connectivity index (χ1) is 8.97. The quantitative estimate of drug-likeness (QED) is 0.654. The van der Waals surface area contributed by atoms with Crippen molar-refractivity contribution < 1.29 is 14.8 Å². The standard InChI is InChI=1S/C12H13BrN2O4/c13-8-2-4-11(15(18)19)10(6-8)14-9-3-1-7(5-9)12(16)17/h2,4,6-7,9,14H,1,3,5H2,(H,16,17). The molecule has 0 bridgehead atoms. The molecular weight excluding hydrogens is 316 g/mol. The number of nitro groups is 1. The van der Waals surface area contributed by atoms with Gasteiger partial charge in [-0.05, 0) is 31.4 Å². The van der Waals surface area contributed by atoms with Gasteiger partial charge in [0.2, 0.25) is 0 Å². The summed E-state index contributed by atoms with van der Waals surface area (Å²) >= 11 is 3.27. The number of carboxylic acids is 1. The molecule has 2 rings (SSSR count). The number of rotatable bonds is 4. The van der Waals surface area contributed by atoms with Gasteiger partial charge in [0.05, 0.1) is 10.8 Å². The van der Waals surface area contributed by atoms with Crippen LogP contribution in [-0.4, -0.2) is 22.0 Å². The Morgan fingerprint density at radius 2 is 2.21 bits per heavy atom. The van der Waals surface area contributed by atoms with Gasteiger partial charge in [-0.3, -0.25) is 14.9 Å². The van der Waals surface area contributed by atoms with E-state index in [-0.39, 0.29) is 17.6 Å². The molecule has 2 atom stereocenters. The van der Waals surface area contributed by atoms with E-state index >= 15 is 0 Å². The summed E-state index contributed by atoms with van der Waals surface area (Å²) in [5, 5.41) is 23.0. The number of hydrogen-bond acceptors (Lipinski definition) is 4. The minimum atomic E-state index is -0.798. The predicted molar refractivity (Wildman–Crippen MR) is 73.2 cm³/mol. The van der Waals surface area contributed by atoms with E-state index in [2.05, 4.69) is 21.2 Å². The average Bonchev–Trinajstić information content (AvgIpc) is 2.77. The Labute approximate surface area is 118 Å². The molecular formula is C12H13BrN2O4. The number of carboxylic acid groups (broad SMARTS) is 1. The molecule has 2 unspecified atom stereocenters. The van der Waals surface area contributed by atoms with Crippen molar-refractivity contribution in [2.45, 2.75) is 25.3 Å². The highest BCUT2D eigenvalue weighted by Gasteiger charge is 2.30. The Hall–Kier alpha value is -1.63. The van der Waals surface area contributed by atoms with Crippen LogP contribution >= 0.6 is 15.9 Å². The van der Waals surface area contributed by atoms with Crippen molar-refractivity contribution in [3.8, 4) is 0 Å². The van der Waals surface area contributed by atoms with Gasteiger partial charge >= 0.3 is 5.97 Å². The predicted octanol–water partition coefficient (Wildman–Crippen LogP) is 3.02. The molecule has 7 heteroatoms. The molecule has 0 spiro atoms. The number of anilines is 1. The van der Waals surface area contributed by atoms with E-state index in [9.17, 15) is 14.9 Å². The molecule has 19 heavy (non-hydrogen) atoms. The number of benzene rings is 1. The number of nitrogens with one attached hydrogen (secondary N) is 1. The molecule has 1 aliphatic carbocycles. The lowest BCUT2D eigenvalue weighted by atomic mass is 10.1. The zero-order valence-electron chi connectivity index (χ0n) is 10.0. The molecule has 102 valence electrons. The van der Waals surface area contributed by atoms with Crippen molar-refractivity contribution in [1.29, 1.82) is 0 Å². The van der Waals surface area contributed by atoms with Crippen molar-refractivity contribution in [3.05, 3.63) is 32.8 Å². The van der Waals surface area contributed by atoms with Crippen LogP contribution in [0.1, 0.15) is 19.3 Å². The largest absolute Gasteiger partial charge is 0.481 e. The molecule has 1 aromatic carbocycles. The van der Waals surface area contributed by atoms with E-state index in [0.29, 0.717) is 24.9 Å². The molecule has 1 aromatic rings. The maximum Gasteiger partial charge on any atom is 0.306 e. The van der Waals surface area contributed by atoms with E-state index in [1.54, 1.807) is 12.1 Å². The third-order valence-corrected chi connectivity index (χ3v) is 3.79. The maximum absolute atomic E-state index is 10.9. The van der Waals surface area contributed by atoms with Gasteiger partial charge in [-0.25, -0.2) is 0 Å². The fourth-order valence-electron chi connectivity index (χ4n) is 2.34. The zero-order valence-corrected chi connectivity index (χ0v) is 11.6. The Bertz CT molecular complexity index is 520. The first-order valence-electron chi connectivity index (χ1n) is 5.90. The SMILES string of the molecule is O=C(O)C1CCC(Nc2cc(Br)ccc2[N+](=O)[O-])C1. The molecule has 0 radical (unpaired) electrons. The van der Waals surface area contributed by atoms with Crippen molar-refractivity contribution >= 4 is 33.3 Å². The van der Waals surface area contributed by atoms with Crippen molar-refractivity contribution in [2.24, 2.45) is 5.92 Å². The Morgan fingerprint density at radius 1 is 1.47 bits per heavy atom. The summed E-state index contributed by atoms with van der Waals surface area (Å²) in [6.07, 6.45) is 1.81. The maximum atomic E-state index is 10.9. The van der Waals surface area contributed by atoms with Crippen molar-refractivity contribution in [3.63, 3.8) is 0 Å². The van der Waals surface area contributed by atoms with Crippen LogP contribution in [0.5, 0.6) is 0 Å². The fourth-order valence-corrected chi connectivity index (χ4v) is 2.70. The molecule has 6 nitrogen and oxygen atoms in total. The Kier molecular flexibility index (Phi) is 4.04. The molecule has 0 saturated heterocycles. The monoisotopic (exact) mass is 328 g/mol. The summed E-state index contributed by atoms with van der Waals surface area (Å²) in [5.74, 6) is -1.16. The van der Waals surface area contributed by atoms with Gasteiger partial charge in [0.25, 0.3) is 5.69 Å². The second-order valence-electron chi connectivity index (χ2n) is 4.61. The summed E-state index contributed by atoms with van der Waals surface area (Å²) in [6, 6.07) is 4.65. The van der Waals surface area contributed by atoms with Gasteiger partial charge in [0, 0.05) is 16.6 Å². The van der Waals surface area contributed by atoms with Gasteiger partial charge in [-0.1, -0.05) is 15.9 Å². The highest BCUT2D eigenvalue weighted by molar-refractivity contribution is 9.10. The van der Waals surface area contributed by atoms with Gasteiger partial charge in [-0.2, -0.15) is 0 Å². The number of hydrogen-bond donors (Lipinski definition) is 2. The lowest BCUT2D eigenvalue weighted by Crippen LogP contribution is -2.18. The Morgan fingerprint density at radius 3 is 2.79 bits per heavy atom. The van der Waals surface area contributed by atoms with E-state index in [1.165, 1.54) is 6.07 Å².